The number of hydroxylamine groups is 3. The fraction of sp³-hybridized carbons (Fsp3) is 0.192. The second-order valence-corrected chi connectivity index (χ2v) is 8.99. The van der Waals surface area contributed by atoms with Gasteiger partial charge in [-0.15, -0.1) is 10.2 Å². The lowest BCUT2D eigenvalue weighted by Gasteiger charge is -2.38. The summed E-state index contributed by atoms with van der Waals surface area (Å²) < 4.78 is 1.49. The van der Waals surface area contributed by atoms with Crippen LogP contribution in [0.4, 0.5) is 11.4 Å². The van der Waals surface area contributed by atoms with Gasteiger partial charge in [0.25, 0.3) is 5.91 Å². The predicted molar refractivity (Wildman–Crippen MR) is 143 cm³/mol. The van der Waals surface area contributed by atoms with Crippen molar-refractivity contribution in [1.82, 2.24) is 30.6 Å². The third-order valence-corrected chi connectivity index (χ3v) is 6.28. The number of tetrazole rings is 1. The summed E-state index contributed by atoms with van der Waals surface area (Å²) in [6.07, 6.45) is 1.84. The molecule has 2 amide bonds. The average molecular weight is 549 g/mol. The molecule has 5 rings (SSSR count). The van der Waals surface area contributed by atoms with Gasteiger partial charge in [-0.1, -0.05) is 41.9 Å². The maximum Gasteiger partial charge on any atom is 0.251 e. The highest BCUT2D eigenvalue weighted by atomic mass is 35.5. The molecule has 0 radical (unpaired) electrons. The van der Waals surface area contributed by atoms with Crippen molar-refractivity contribution >= 4 is 34.8 Å². The van der Waals surface area contributed by atoms with Gasteiger partial charge in [0.1, 0.15) is 12.4 Å². The predicted octanol–water partition coefficient (Wildman–Crippen LogP) is 2.83. The molecule has 1 aliphatic rings. The molecular formula is C26H25ClN8O4. The molecule has 4 aromatic rings. The van der Waals surface area contributed by atoms with Crippen molar-refractivity contribution < 1.29 is 19.3 Å². The summed E-state index contributed by atoms with van der Waals surface area (Å²) in [6, 6.07) is 20.8. The lowest BCUT2D eigenvalue weighted by Crippen LogP contribution is -2.52. The Morgan fingerprint density at radius 1 is 1.00 bits per heavy atom. The standard InChI is InChI=1S/C26H25ClN8O4/c1-28-25(36)19-7-10-21(11-8-19)30-26(37)24(13-18-5-3-2-4-6-18)35-17-38-34(16-39-35)23-14-20(27)9-12-22(23)33-15-29-31-32-33/h2-12,14-15,24H,13,16-17H2,1H3,(H,28,36)(H,30,37). The summed E-state index contributed by atoms with van der Waals surface area (Å²) in [6.45, 7) is -0.0586. The van der Waals surface area contributed by atoms with E-state index in [0.717, 1.165) is 5.56 Å². The number of halogens is 1. The zero-order valence-corrected chi connectivity index (χ0v) is 21.7. The molecule has 13 heteroatoms. The Bertz CT molecular complexity index is 1410. The number of benzene rings is 3. The fourth-order valence-corrected chi connectivity index (χ4v) is 4.21. The third-order valence-electron chi connectivity index (χ3n) is 6.05. The monoisotopic (exact) mass is 548 g/mol. The highest BCUT2D eigenvalue weighted by molar-refractivity contribution is 6.31. The molecule has 39 heavy (non-hydrogen) atoms. The molecule has 200 valence electrons. The van der Waals surface area contributed by atoms with Crippen LogP contribution in [-0.4, -0.2) is 63.6 Å². The van der Waals surface area contributed by atoms with Gasteiger partial charge in [-0.2, -0.15) is 4.68 Å². The number of amides is 2. The Kier molecular flexibility index (Phi) is 8.08. The summed E-state index contributed by atoms with van der Waals surface area (Å²) in [5, 5.41) is 20.3. The molecule has 0 aliphatic carbocycles. The summed E-state index contributed by atoms with van der Waals surface area (Å²) in [5.41, 5.74) is 3.23. The van der Waals surface area contributed by atoms with E-state index in [2.05, 4.69) is 26.2 Å². The first-order valence-electron chi connectivity index (χ1n) is 12.0. The van der Waals surface area contributed by atoms with Crippen molar-refractivity contribution in [3.8, 4) is 5.69 Å². The molecule has 1 saturated heterocycles. The number of carbonyl (C=O) groups excluding carboxylic acids is 2. The van der Waals surface area contributed by atoms with Gasteiger partial charge in [-0.3, -0.25) is 19.3 Å². The molecule has 0 saturated carbocycles. The number of aromatic nitrogens is 4. The zero-order valence-electron chi connectivity index (χ0n) is 20.9. The fourth-order valence-electron chi connectivity index (χ4n) is 4.05. The van der Waals surface area contributed by atoms with Gasteiger partial charge in [0, 0.05) is 23.3 Å². The Hall–Kier alpha value is -4.36. The molecule has 12 nitrogen and oxygen atoms in total. The Balaban J connectivity index is 1.32. The summed E-state index contributed by atoms with van der Waals surface area (Å²) in [4.78, 5) is 37.4. The summed E-state index contributed by atoms with van der Waals surface area (Å²) in [7, 11) is 1.56. The van der Waals surface area contributed by atoms with Crippen molar-refractivity contribution in [3.05, 3.63) is 95.3 Å². The molecule has 1 fully saturated rings. The van der Waals surface area contributed by atoms with Crippen LogP contribution in [0.15, 0.2) is 79.1 Å². The van der Waals surface area contributed by atoms with Gasteiger partial charge in [0.05, 0.1) is 11.4 Å². The van der Waals surface area contributed by atoms with E-state index in [0.29, 0.717) is 34.1 Å². The molecular weight excluding hydrogens is 524 g/mol. The largest absolute Gasteiger partial charge is 0.355 e. The third kappa shape index (κ3) is 6.21. The molecule has 1 aliphatic heterocycles. The smallest absolute Gasteiger partial charge is 0.251 e. The van der Waals surface area contributed by atoms with E-state index in [-0.39, 0.29) is 25.3 Å². The number of carbonyl (C=O) groups is 2. The van der Waals surface area contributed by atoms with Crippen molar-refractivity contribution in [3.63, 3.8) is 0 Å². The lowest BCUT2D eigenvalue weighted by molar-refractivity contribution is -0.279. The quantitative estimate of drug-likeness (QED) is 0.342. The topological polar surface area (TPSA) is 127 Å². The van der Waals surface area contributed by atoms with Gasteiger partial charge in [-0.25, -0.2) is 5.06 Å². The number of nitrogens with zero attached hydrogens (tertiary/aromatic N) is 6. The molecule has 0 bridgehead atoms. The Morgan fingerprint density at radius 2 is 1.79 bits per heavy atom. The minimum atomic E-state index is -0.716. The van der Waals surface area contributed by atoms with E-state index in [1.165, 1.54) is 21.1 Å². The van der Waals surface area contributed by atoms with Crippen molar-refractivity contribution in [2.45, 2.75) is 12.5 Å². The average Bonchev–Trinajstić information content (AvgIpc) is 3.51. The molecule has 2 heterocycles. The van der Waals surface area contributed by atoms with Crippen molar-refractivity contribution in [2.24, 2.45) is 0 Å². The molecule has 0 spiro atoms. The summed E-state index contributed by atoms with van der Waals surface area (Å²) >= 11 is 6.25. The van der Waals surface area contributed by atoms with E-state index in [1.54, 1.807) is 49.5 Å². The van der Waals surface area contributed by atoms with Gasteiger partial charge in [0.2, 0.25) is 5.91 Å². The number of anilines is 2. The summed E-state index contributed by atoms with van der Waals surface area (Å²) in [5.74, 6) is -0.498. The van der Waals surface area contributed by atoms with E-state index in [1.807, 2.05) is 30.3 Å². The van der Waals surface area contributed by atoms with Crippen molar-refractivity contribution in [1.29, 1.82) is 0 Å². The van der Waals surface area contributed by atoms with Crippen molar-refractivity contribution in [2.75, 3.05) is 30.9 Å². The zero-order chi connectivity index (χ0) is 27.2. The Labute approximate surface area is 229 Å². The minimum absolute atomic E-state index is 0.0190. The van der Waals surface area contributed by atoms with E-state index in [9.17, 15) is 9.59 Å². The van der Waals surface area contributed by atoms with Crippen LogP contribution in [0.2, 0.25) is 5.02 Å². The van der Waals surface area contributed by atoms with Crippen LogP contribution < -0.4 is 15.7 Å². The molecule has 1 unspecified atom stereocenters. The first-order chi connectivity index (χ1) is 19.0. The van der Waals surface area contributed by atoms with Crippen LogP contribution in [-0.2, 0) is 20.9 Å². The van der Waals surface area contributed by atoms with Crippen LogP contribution in [0.5, 0.6) is 0 Å². The molecule has 2 N–H and O–H groups in total. The van der Waals surface area contributed by atoms with Gasteiger partial charge in [0.15, 0.2) is 13.5 Å². The van der Waals surface area contributed by atoms with E-state index >= 15 is 0 Å². The van der Waals surface area contributed by atoms with Gasteiger partial charge >= 0.3 is 0 Å². The number of hydrogen-bond donors (Lipinski definition) is 2. The highest BCUT2D eigenvalue weighted by Gasteiger charge is 2.32. The highest BCUT2D eigenvalue weighted by Crippen LogP contribution is 2.30. The first-order valence-corrected chi connectivity index (χ1v) is 12.4. The first kappa shape index (κ1) is 26.3. The van der Waals surface area contributed by atoms with Gasteiger partial charge in [-0.05, 0) is 64.9 Å². The normalized spacial score (nSPS) is 14.6. The van der Waals surface area contributed by atoms with E-state index < -0.39 is 6.04 Å². The maximum atomic E-state index is 13.5. The SMILES string of the molecule is CNC(=O)c1ccc(NC(=O)C(Cc2ccccc2)N2CON(c3cc(Cl)ccc3-n3cnnn3)CO2)cc1. The van der Waals surface area contributed by atoms with E-state index in [4.69, 9.17) is 21.3 Å². The number of rotatable bonds is 8. The van der Waals surface area contributed by atoms with Crippen LogP contribution >= 0.6 is 11.6 Å². The maximum absolute atomic E-state index is 13.5. The van der Waals surface area contributed by atoms with Crippen LogP contribution in [0, 0.1) is 0 Å². The minimum Gasteiger partial charge on any atom is -0.355 e. The Morgan fingerprint density at radius 3 is 2.46 bits per heavy atom. The number of hydrogen-bond acceptors (Lipinski definition) is 9. The second kappa shape index (κ2) is 12.0. The van der Waals surface area contributed by atoms with Gasteiger partial charge < -0.3 is 10.6 Å². The van der Waals surface area contributed by atoms with Crippen LogP contribution in [0.3, 0.4) is 0 Å². The molecule has 1 aromatic heterocycles. The second-order valence-electron chi connectivity index (χ2n) is 8.55. The number of nitrogens with one attached hydrogen (secondary N) is 2. The molecule has 1 atom stereocenters. The molecule has 3 aromatic carbocycles. The lowest BCUT2D eigenvalue weighted by atomic mass is 10.0. The van der Waals surface area contributed by atoms with Crippen LogP contribution in [0.1, 0.15) is 15.9 Å². The van der Waals surface area contributed by atoms with Crippen LogP contribution in [0.25, 0.3) is 5.69 Å².